The third-order valence-electron chi connectivity index (χ3n) is 3.77. The maximum atomic E-state index is 12.1. The van der Waals surface area contributed by atoms with Gasteiger partial charge in [-0.1, -0.05) is 28.1 Å². The number of hydrogen-bond donors (Lipinski definition) is 1. The zero-order valence-corrected chi connectivity index (χ0v) is 12.9. The van der Waals surface area contributed by atoms with Gasteiger partial charge in [-0.15, -0.1) is 0 Å². The van der Waals surface area contributed by atoms with E-state index >= 15 is 0 Å². The van der Waals surface area contributed by atoms with Gasteiger partial charge < -0.3 is 10.2 Å². The molecule has 0 radical (unpaired) electrons. The molecule has 3 nitrogen and oxygen atoms in total. The van der Waals surface area contributed by atoms with Crippen LogP contribution in [0.3, 0.4) is 0 Å². The quantitative estimate of drug-likeness (QED) is 0.923. The van der Waals surface area contributed by atoms with Crippen molar-refractivity contribution in [2.45, 2.75) is 31.7 Å². The molecule has 0 aromatic heterocycles. The number of aryl methyl sites for hydroxylation is 1. The Bertz CT molecular complexity index is 428. The average Bonchev–Trinajstić information content (AvgIpc) is 2.45. The predicted molar refractivity (Wildman–Crippen MR) is 81.1 cm³/mol. The second kappa shape index (κ2) is 7.06. The van der Waals surface area contributed by atoms with Crippen LogP contribution in [-0.2, 0) is 11.2 Å². The van der Waals surface area contributed by atoms with Crippen LogP contribution in [0, 0.1) is 0 Å². The van der Waals surface area contributed by atoms with E-state index in [1.165, 1.54) is 5.56 Å². The first-order valence-electron chi connectivity index (χ1n) is 6.88. The summed E-state index contributed by atoms with van der Waals surface area (Å²) in [6.45, 7) is 1.78. The first-order valence-corrected chi connectivity index (χ1v) is 7.68. The standard InChI is InChI=1S/C15H21BrN2O/c1-17-14-7-9-18(10-8-14)15(19)6-5-12-3-2-4-13(16)11-12/h2-4,11,14,17H,5-10H2,1H3. The monoisotopic (exact) mass is 324 g/mol. The third kappa shape index (κ3) is 4.32. The molecule has 0 aliphatic carbocycles. The van der Waals surface area contributed by atoms with Crippen LogP contribution in [-0.4, -0.2) is 37.0 Å². The van der Waals surface area contributed by atoms with Gasteiger partial charge in [0.25, 0.3) is 0 Å². The van der Waals surface area contributed by atoms with E-state index in [9.17, 15) is 4.79 Å². The fourth-order valence-corrected chi connectivity index (χ4v) is 2.97. The Labute approximate surface area is 123 Å². The van der Waals surface area contributed by atoms with Crippen molar-refractivity contribution < 1.29 is 4.79 Å². The second-order valence-corrected chi connectivity index (χ2v) is 5.99. The van der Waals surface area contributed by atoms with Crippen molar-refractivity contribution in [1.29, 1.82) is 0 Å². The summed E-state index contributed by atoms with van der Waals surface area (Å²) in [6, 6.07) is 8.76. The van der Waals surface area contributed by atoms with E-state index in [-0.39, 0.29) is 5.91 Å². The number of rotatable bonds is 4. The van der Waals surface area contributed by atoms with E-state index in [2.05, 4.69) is 33.4 Å². The van der Waals surface area contributed by atoms with Gasteiger partial charge in [-0.3, -0.25) is 4.79 Å². The molecule has 0 unspecified atom stereocenters. The number of carbonyl (C=O) groups excluding carboxylic acids is 1. The highest BCUT2D eigenvalue weighted by atomic mass is 79.9. The summed E-state index contributed by atoms with van der Waals surface area (Å²) in [5.74, 6) is 0.287. The molecule has 0 bridgehead atoms. The average molecular weight is 325 g/mol. The van der Waals surface area contributed by atoms with Gasteiger partial charge in [0.05, 0.1) is 0 Å². The molecule has 1 aliphatic heterocycles. The van der Waals surface area contributed by atoms with Gasteiger partial charge in [0.15, 0.2) is 0 Å². The van der Waals surface area contributed by atoms with Crippen LogP contribution in [0.1, 0.15) is 24.8 Å². The molecule has 0 atom stereocenters. The number of benzene rings is 1. The lowest BCUT2D eigenvalue weighted by atomic mass is 10.0. The molecule has 0 spiro atoms. The summed E-state index contributed by atoms with van der Waals surface area (Å²) in [4.78, 5) is 14.2. The van der Waals surface area contributed by atoms with Crippen LogP contribution < -0.4 is 5.32 Å². The fraction of sp³-hybridized carbons (Fsp3) is 0.533. The van der Waals surface area contributed by atoms with E-state index < -0.39 is 0 Å². The second-order valence-electron chi connectivity index (χ2n) is 5.07. The Morgan fingerprint density at radius 2 is 2.16 bits per heavy atom. The lowest BCUT2D eigenvalue weighted by Crippen LogP contribution is -2.44. The Morgan fingerprint density at radius 1 is 1.42 bits per heavy atom. The van der Waals surface area contributed by atoms with Crippen LogP contribution in [0.4, 0.5) is 0 Å². The molecule has 1 amide bonds. The summed E-state index contributed by atoms with van der Waals surface area (Å²) in [6.07, 6.45) is 3.57. The van der Waals surface area contributed by atoms with Gasteiger partial charge >= 0.3 is 0 Å². The minimum Gasteiger partial charge on any atom is -0.343 e. The van der Waals surface area contributed by atoms with Gasteiger partial charge in [-0.2, -0.15) is 0 Å². The molecule has 1 aliphatic rings. The first kappa shape index (κ1) is 14.5. The van der Waals surface area contributed by atoms with Crippen molar-refractivity contribution in [3.05, 3.63) is 34.3 Å². The van der Waals surface area contributed by atoms with E-state index in [0.717, 1.165) is 36.8 Å². The van der Waals surface area contributed by atoms with Crippen molar-refractivity contribution in [2.75, 3.05) is 20.1 Å². The highest BCUT2D eigenvalue weighted by Crippen LogP contribution is 2.15. The van der Waals surface area contributed by atoms with Gasteiger partial charge in [0.2, 0.25) is 5.91 Å². The van der Waals surface area contributed by atoms with Crippen molar-refractivity contribution in [2.24, 2.45) is 0 Å². The molecule has 1 aromatic carbocycles. The molecule has 1 saturated heterocycles. The third-order valence-corrected chi connectivity index (χ3v) is 4.27. The van der Waals surface area contributed by atoms with Crippen molar-refractivity contribution in [1.82, 2.24) is 10.2 Å². The van der Waals surface area contributed by atoms with Gasteiger partial charge in [0, 0.05) is 30.0 Å². The maximum absolute atomic E-state index is 12.1. The summed E-state index contributed by atoms with van der Waals surface area (Å²) < 4.78 is 1.08. The Morgan fingerprint density at radius 3 is 2.79 bits per heavy atom. The normalized spacial score (nSPS) is 16.6. The lowest BCUT2D eigenvalue weighted by molar-refractivity contribution is -0.132. The van der Waals surface area contributed by atoms with Gasteiger partial charge in [0.1, 0.15) is 0 Å². The largest absolute Gasteiger partial charge is 0.343 e. The van der Waals surface area contributed by atoms with Crippen LogP contribution >= 0.6 is 15.9 Å². The molecule has 19 heavy (non-hydrogen) atoms. The number of halogens is 1. The van der Waals surface area contributed by atoms with Crippen molar-refractivity contribution in [3.63, 3.8) is 0 Å². The molecule has 104 valence electrons. The zero-order valence-electron chi connectivity index (χ0n) is 11.4. The Kier molecular flexibility index (Phi) is 5.40. The highest BCUT2D eigenvalue weighted by molar-refractivity contribution is 9.10. The molecule has 4 heteroatoms. The van der Waals surface area contributed by atoms with E-state index in [4.69, 9.17) is 0 Å². The predicted octanol–water partition coefficient (Wildman–Crippen LogP) is 2.59. The van der Waals surface area contributed by atoms with Crippen molar-refractivity contribution >= 4 is 21.8 Å². The first-order chi connectivity index (χ1) is 9.19. The number of nitrogens with zero attached hydrogens (tertiary/aromatic N) is 1. The molecule has 1 heterocycles. The number of nitrogens with one attached hydrogen (secondary N) is 1. The molecule has 1 N–H and O–H groups in total. The summed E-state index contributed by atoms with van der Waals surface area (Å²) >= 11 is 3.46. The number of hydrogen-bond acceptors (Lipinski definition) is 2. The van der Waals surface area contributed by atoms with Crippen molar-refractivity contribution in [3.8, 4) is 0 Å². The number of piperidine rings is 1. The molecular formula is C15H21BrN2O. The lowest BCUT2D eigenvalue weighted by Gasteiger charge is -2.31. The van der Waals surface area contributed by atoms with E-state index in [1.54, 1.807) is 0 Å². The Balaban J connectivity index is 1.79. The van der Waals surface area contributed by atoms with Crippen LogP contribution in [0.2, 0.25) is 0 Å². The molecular weight excluding hydrogens is 304 g/mol. The van der Waals surface area contributed by atoms with Crippen LogP contribution in [0.5, 0.6) is 0 Å². The number of carbonyl (C=O) groups is 1. The number of amides is 1. The minimum absolute atomic E-state index is 0.287. The zero-order chi connectivity index (χ0) is 13.7. The highest BCUT2D eigenvalue weighted by Gasteiger charge is 2.21. The molecule has 1 fully saturated rings. The van der Waals surface area contributed by atoms with Gasteiger partial charge in [-0.25, -0.2) is 0 Å². The summed E-state index contributed by atoms with van der Waals surface area (Å²) in [7, 11) is 2.00. The molecule has 2 rings (SSSR count). The summed E-state index contributed by atoms with van der Waals surface area (Å²) in [5, 5.41) is 3.28. The topological polar surface area (TPSA) is 32.3 Å². The summed E-state index contributed by atoms with van der Waals surface area (Å²) in [5.41, 5.74) is 1.22. The van der Waals surface area contributed by atoms with Crippen LogP contribution in [0.25, 0.3) is 0 Å². The van der Waals surface area contributed by atoms with E-state index in [1.807, 2.05) is 24.1 Å². The minimum atomic E-state index is 0.287. The van der Waals surface area contributed by atoms with E-state index in [0.29, 0.717) is 12.5 Å². The molecule has 0 saturated carbocycles. The fourth-order valence-electron chi connectivity index (χ4n) is 2.52. The van der Waals surface area contributed by atoms with Gasteiger partial charge in [-0.05, 0) is 44.0 Å². The smallest absolute Gasteiger partial charge is 0.222 e. The SMILES string of the molecule is CNC1CCN(C(=O)CCc2cccc(Br)c2)CC1. The maximum Gasteiger partial charge on any atom is 0.222 e. The molecule has 1 aromatic rings. The number of likely N-dealkylation sites (tertiary alicyclic amines) is 1. The van der Waals surface area contributed by atoms with Crippen LogP contribution in [0.15, 0.2) is 28.7 Å². The Hall–Kier alpha value is -0.870.